The molecular weight excluding hydrogens is 352 g/mol. The molecule has 0 saturated carbocycles. The van der Waals surface area contributed by atoms with Gasteiger partial charge in [0.15, 0.2) is 9.84 Å². The number of fused-ring (bicyclic) bond motifs is 1. The van der Waals surface area contributed by atoms with Gasteiger partial charge < -0.3 is 10.2 Å². The van der Waals surface area contributed by atoms with Crippen LogP contribution in [0.5, 0.6) is 0 Å². The molecule has 0 unspecified atom stereocenters. The third-order valence-electron chi connectivity index (χ3n) is 4.60. The Morgan fingerprint density at radius 3 is 2.54 bits per heavy atom. The Labute approximate surface area is 153 Å². The zero-order valence-corrected chi connectivity index (χ0v) is 15.5. The smallest absolute Gasteiger partial charge is 0.254 e. The number of nitrogens with one attached hydrogen (secondary N) is 1. The Morgan fingerprint density at radius 1 is 1.15 bits per heavy atom. The number of carbonyl (C=O) groups excluding carboxylic acids is 2. The van der Waals surface area contributed by atoms with Gasteiger partial charge in [0.1, 0.15) is 0 Å². The molecule has 6 nitrogen and oxygen atoms in total. The van der Waals surface area contributed by atoms with Crippen molar-refractivity contribution in [2.75, 3.05) is 24.6 Å². The topological polar surface area (TPSA) is 83.6 Å². The summed E-state index contributed by atoms with van der Waals surface area (Å²) in [4.78, 5) is 26.4. The molecule has 1 fully saturated rings. The van der Waals surface area contributed by atoms with E-state index >= 15 is 0 Å². The molecule has 0 spiro atoms. The van der Waals surface area contributed by atoms with Crippen LogP contribution in [-0.2, 0) is 14.6 Å². The minimum absolute atomic E-state index is 0.0243. The quantitative estimate of drug-likeness (QED) is 0.862. The van der Waals surface area contributed by atoms with Gasteiger partial charge in [-0.2, -0.15) is 0 Å². The van der Waals surface area contributed by atoms with Gasteiger partial charge in [-0.3, -0.25) is 9.59 Å². The maximum Gasteiger partial charge on any atom is 0.254 e. The van der Waals surface area contributed by atoms with Gasteiger partial charge in [0.05, 0.1) is 18.1 Å². The first-order chi connectivity index (χ1) is 12.4. The van der Waals surface area contributed by atoms with Crippen LogP contribution < -0.4 is 5.32 Å². The summed E-state index contributed by atoms with van der Waals surface area (Å²) < 4.78 is 23.0. The van der Waals surface area contributed by atoms with Gasteiger partial charge in [0, 0.05) is 18.2 Å². The average molecular weight is 374 g/mol. The molecule has 0 bridgehead atoms. The molecule has 1 atom stereocenters. The first-order valence-corrected chi connectivity index (χ1v) is 10.5. The zero-order valence-electron chi connectivity index (χ0n) is 14.6. The summed E-state index contributed by atoms with van der Waals surface area (Å²) >= 11 is 0. The monoisotopic (exact) mass is 374 g/mol. The number of nitrogens with zero attached hydrogens (tertiary/aromatic N) is 1. The number of likely N-dealkylation sites (N-methyl/N-ethyl adjacent to an activating group) is 1. The summed E-state index contributed by atoms with van der Waals surface area (Å²) in [5.74, 6) is -0.467. The number of carbonyl (C=O) groups is 2. The molecule has 2 aromatic rings. The fourth-order valence-corrected chi connectivity index (χ4v) is 4.86. The van der Waals surface area contributed by atoms with Gasteiger partial charge in [-0.05, 0) is 36.2 Å². The van der Waals surface area contributed by atoms with Crippen LogP contribution in [0.4, 0.5) is 0 Å². The molecule has 1 heterocycles. The predicted molar refractivity (Wildman–Crippen MR) is 101 cm³/mol. The van der Waals surface area contributed by atoms with Gasteiger partial charge in [-0.15, -0.1) is 0 Å². The lowest BCUT2D eigenvalue weighted by Crippen LogP contribution is -2.44. The Balaban J connectivity index is 1.67. The fraction of sp³-hybridized carbons (Fsp3) is 0.368. The molecule has 26 heavy (non-hydrogen) atoms. The highest BCUT2D eigenvalue weighted by molar-refractivity contribution is 7.91. The van der Waals surface area contributed by atoms with Crippen LogP contribution in [0.3, 0.4) is 0 Å². The van der Waals surface area contributed by atoms with Crippen molar-refractivity contribution >= 4 is 32.4 Å². The van der Waals surface area contributed by atoms with Gasteiger partial charge in [0.25, 0.3) is 5.91 Å². The first kappa shape index (κ1) is 18.4. The standard InChI is InChI=1S/C19H22N2O4S/c1-2-21(12-18(22)20-17-9-10-26(24,25)13-17)19(23)16-8-7-14-5-3-4-6-15(14)11-16/h3-8,11,17H,2,9-10,12-13H2,1H3,(H,20,22)/t17-/m1/s1. The van der Waals surface area contributed by atoms with Crippen molar-refractivity contribution < 1.29 is 18.0 Å². The molecule has 1 N–H and O–H groups in total. The highest BCUT2D eigenvalue weighted by Crippen LogP contribution is 2.17. The lowest BCUT2D eigenvalue weighted by molar-refractivity contribution is -0.122. The van der Waals surface area contributed by atoms with Crippen molar-refractivity contribution in [3.05, 3.63) is 48.0 Å². The number of hydrogen-bond donors (Lipinski definition) is 1. The molecular formula is C19H22N2O4S. The van der Waals surface area contributed by atoms with Crippen molar-refractivity contribution in [1.82, 2.24) is 10.2 Å². The molecule has 138 valence electrons. The van der Waals surface area contributed by atoms with Crippen molar-refractivity contribution in [1.29, 1.82) is 0 Å². The molecule has 1 aliphatic heterocycles. The second kappa shape index (κ2) is 7.45. The van der Waals surface area contributed by atoms with E-state index < -0.39 is 9.84 Å². The Bertz CT molecular complexity index is 939. The lowest BCUT2D eigenvalue weighted by atomic mass is 10.1. The van der Waals surface area contributed by atoms with Crippen LogP contribution in [0.25, 0.3) is 10.8 Å². The van der Waals surface area contributed by atoms with Crippen LogP contribution in [0.15, 0.2) is 42.5 Å². The number of hydrogen-bond acceptors (Lipinski definition) is 4. The molecule has 0 radical (unpaired) electrons. The van der Waals surface area contributed by atoms with Crippen LogP contribution in [0, 0.1) is 0 Å². The van der Waals surface area contributed by atoms with Crippen molar-refractivity contribution in [3.8, 4) is 0 Å². The molecule has 2 amide bonds. The van der Waals surface area contributed by atoms with Crippen LogP contribution in [0.2, 0.25) is 0 Å². The van der Waals surface area contributed by atoms with E-state index in [-0.39, 0.29) is 35.9 Å². The molecule has 2 aromatic carbocycles. The highest BCUT2D eigenvalue weighted by Gasteiger charge is 2.29. The van der Waals surface area contributed by atoms with Crippen LogP contribution in [-0.4, -0.2) is 55.8 Å². The second-order valence-electron chi connectivity index (χ2n) is 6.55. The van der Waals surface area contributed by atoms with E-state index in [1.165, 1.54) is 4.90 Å². The van der Waals surface area contributed by atoms with E-state index in [4.69, 9.17) is 0 Å². The first-order valence-electron chi connectivity index (χ1n) is 8.66. The summed E-state index contributed by atoms with van der Waals surface area (Å²) in [6, 6.07) is 12.9. The summed E-state index contributed by atoms with van der Waals surface area (Å²) in [7, 11) is -3.05. The average Bonchev–Trinajstić information content (AvgIpc) is 2.97. The Morgan fingerprint density at radius 2 is 1.88 bits per heavy atom. The van der Waals surface area contributed by atoms with Gasteiger partial charge in [-0.1, -0.05) is 30.3 Å². The fourth-order valence-electron chi connectivity index (χ4n) is 3.19. The molecule has 3 rings (SSSR count). The second-order valence-corrected chi connectivity index (χ2v) is 8.78. The van der Waals surface area contributed by atoms with E-state index in [2.05, 4.69) is 5.32 Å². The van der Waals surface area contributed by atoms with Crippen LogP contribution in [0.1, 0.15) is 23.7 Å². The maximum absolute atomic E-state index is 12.7. The Kier molecular flexibility index (Phi) is 5.27. The number of benzene rings is 2. The predicted octanol–water partition coefficient (Wildman–Crippen LogP) is 1.61. The SMILES string of the molecule is CCN(CC(=O)N[C@@H]1CCS(=O)(=O)C1)C(=O)c1ccc2ccccc2c1. The van der Waals surface area contributed by atoms with Crippen molar-refractivity contribution in [2.24, 2.45) is 0 Å². The summed E-state index contributed by atoms with van der Waals surface area (Å²) in [6.45, 7) is 2.12. The Hall–Kier alpha value is -2.41. The van der Waals surface area contributed by atoms with Gasteiger partial charge >= 0.3 is 0 Å². The molecule has 7 heteroatoms. The van der Waals surface area contributed by atoms with Gasteiger partial charge in [0.2, 0.25) is 5.91 Å². The van der Waals surface area contributed by atoms with E-state index in [1.54, 1.807) is 6.07 Å². The zero-order chi connectivity index (χ0) is 18.7. The lowest BCUT2D eigenvalue weighted by Gasteiger charge is -2.21. The molecule has 1 saturated heterocycles. The number of amides is 2. The number of sulfone groups is 1. The largest absolute Gasteiger partial charge is 0.351 e. The van der Waals surface area contributed by atoms with E-state index in [0.717, 1.165) is 10.8 Å². The number of rotatable bonds is 5. The maximum atomic E-state index is 12.7. The summed E-state index contributed by atoms with van der Waals surface area (Å²) in [6.07, 6.45) is 0.429. The normalized spacial score (nSPS) is 18.6. The van der Waals surface area contributed by atoms with E-state index in [0.29, 0.717) is 18.5 Å². The third-order valence-corrected chi connectivity index (χ3v) is 6.37. The van der Waals surface area contributed by atoms with E-state index in [1.807, 2.05) is 43.3 Å². The molecule has 0 aliphatic carbocycles. The van der Waals surface area contributed by atoms with E-state index in [9.17, 15) is 18.0 Å². The molecule has 1 aliphatic rings. The van der Waals surface area contributed by atoms with Crippen molar-refractivity contribution in [2.45, 2.75) is 19.4 Å². The minimum atomic E-state index is -3.05. The van der Waals surface area contributed by atoms with Crippen molar-refractivity contribution in [3.63, 3.8) is 0 Å². The van der Waals surface area contributed by atoms with Crippen LogP contribution >= 0.6 is 0 Å². The highest BCUT2D eigenvalue weighted by atomic mass is 32.2. The summed E-state index contributed by atoms with van der Waals surface area (Å²) in [5, 5.41) is 4.74. The van der Waals surface area contributed by atoms with Gasteiger partial charge in [-0.25, -0.2) is 8.42 Å². The minimum Gasteiger partial charge on any atom is -0.351 e. The molecule has 0 aromatic heterocycles. The summed E-state index contributed by atoms with van der Waals surface area (Å²) in [5.41, 5.74) is 0.529. The third kappa shape index (κ3) is 4.22.